The highest BCUT2D eigenvalue weighted by Crippen LogP contribution is 2.22. The number of para-hydroxylation sites is 2. The van der Waals surface area contributed by atoms with E-state index in [-0.39, 0.29) is 12.4 Å². The molecule has 0 radical (unpaired) electrons. The van der Waals surface area contributed by atoms with Gasteiger partial charge in [0.05, 0.1) is 6.21 Å². The van der Waals surface area contributed by atoms with E-state index in [4.69, 9.17) is 4.74 Å². The maximum absolute atomic E-state index is 11.8. The van der Waals surface area contributed by atoms with Crippen LogP contribution in [0.2, 0.25) is 0 Å². The lowest BCUT2D eigenvalue weighted by Gasteiger charge is -2.07. The van der Waals surface area contributed by atoms with E-state index in [1.807, 2.05) is 24.3 Å². The summed E-state index contributed by atoms with van der Waals surface area (Å²) in [7, 11) is 0. The first-order chi connectivity index (χ1) is 11.7. The minimum Gasteiger partial charge on any atom is -0.507 e. The maximum Gasteiger partial charge on any atom is 0.277 e. The molecule has 0 fully saturated rings. The van der Waals surface area contributed by atoms with Gasteiger partial charge >= 0.3 is 0 Å². The van der Waals surface area contributed by atoms with E-state index in [9.17, 15) is 9.90 Å². The molecular weight excluding hydrogens is 306 g/mol. The fourth-order valence-corrected chi connectivity index (χ4v) is 2.14. The number of amides is 1. The summed E-state index contributed by atoms with van der Waals surface area (Å²) in [5, 5.41) is 14.3. The van der Waals surface area contributed by atoms with Crippen molar-refractivity contribution in [1.82, 2.24) is 10.4 Å². The average molecular weight is 321 g/mol. The Morgan fingerprint density at radius 2 is 2.00 bits per heavy atom. The van der Waals surface area contributed by atoms with Crippen molar-refractivity contribution in [3.8, 4) is 11.5 Å². The summed E-state index contributed by atoms with van der Waals surface area (Å²) in [5.41, 5.74) is 3.56. The van der Waals surface area contributed by atoms with Gasteiger partial charge in [0.25, 0.3) is 5.91 Å². The van der Waals surface area contributed by atoms with Crippen molar-refractivity contribution in [3.63, 3.8) is 0 Å². The van der Waals surface area contributed by atoms with Crippen molar-refractivity contribution >= 4 is 23.0 Å². The molecule has 0 aliphatic heterocycles. The van der Waals surface area contributed by atoms with Crippen LogP contribution in [0, 0.1) is 0 Å². The molecule has 0 saturated carbocycles. The number of aromatic hydroxyl groups is 1. The number of carbonyl (C=O) groups excluding carboxylic acids is 1. The number of fused-ring (bicyclic) bond motifs is 1. The minimum atomic E-state index is -0.408. The van der Waals surface area contributed by atoms with Crippen molar-refractivity contribution in [2.75, 3.05) is 6.61 Å². The Labute approximate surface area is 138 Å². The summed E-state index contributed by atoms with van der Waals surface area (Å²) in [4.78, 5) is 16.1. The zero-order chi connectivity index (χ0) is 16.8. The largest absolute Gasteiger partial charge is 0.507 e. The molecule has 24 heavy (non-hydrogen) atoms. The first kappa shape index (κ1) is 15.5. The monoisotopic (exact) mass is 321 g/mol. The van der Waals surface area contributed by atoms with Gasteiger partial charge in [-0.2, -0.15) is 5.10 Å². The van der Waals surface area contributed by atoms with Crippen LogP contribution in [0.5, 0.6) is 11.5 Å². The van der Waals surface area contributed by atoms with Gasteiger partial charge in [0.1, 0.15) is 17.0 Å². The van der Waals surface area contributed by atoms with E-state index in [0.29, 0.717) is 16.8 Å². The molecule has 6 heteroatoms. The summed E-state index contributed by atoms with van der Waals surface area (Å²) >= 11 is 0. The number of carbonyl (C=O) groups is 1. The van der Waals surface area contributed by atoms with E-state index in [1.165, 1.54) is 6.21 Å². The molecule has 120 valence electrons. The number of phenols is 1. The molecule has 2 N–H and O–H groups in total. The summed E-state index contributed by atoms with van der Waals surface area (Å²) in [5.74, 6) is 0.219. The van der Waals surface area contributed by atoms with Crippen LogP contribution in [0.3, 0.4) is 0 Å². The number of hydrogen-bond acceptors (Lipinski definition) is 5. The zero-order valence-electron chi connectivity index (χ0n) is 12.7. The Morgan fingerprint density at radius 1 is 1.17 bits per heavy atom. The number of aromatic nitrogens is 1. The molecule has 0 bridgehead atoms. The fourth-order valence-electron chi connectivity index (χ4n) is 2.14. The highest BCUT2D eigenvalue weighted by molar-refractivity contribution is 5.86. The minimum absolute atomic E-state index is 0.0913. The second-order valence-corrected chi connectivity index (χ2v) is 4.97. The first-order valence-corrected chi connectivity index (χ1v) is 7.30. The molecular formula is C18H15N3O3. The molecule has 1 aromatic heterocycles. The Balaban J connectivity index is 1.58. The van der Waals surface area contributed by atoms with Gasteiger partial charge in [0, 0.05) is 17.1 Å². The molecule has 1 amide bonds. The number of ether oxygens (including phenoxy) is 1. The summed E-state index contributed by atoms with van der Waals surface area (Å²) in [6.45, 7) is -0.187. The fraction of sp³-hybridized carbons (Fsp3) is 0.0556. The maximum atomic E-state index is 11.8. The molecule has 1 heterocycles. The van der Waals surface area contributed by atoms with Crippen LogP contribution in [0.25, 0.3) is 10.9 Å². The van der Waals surface area contributed by atoms with Crippen LogP contribution in [-0.2, 0) is 4.79 Å². The van der Waals surface area contributed by atoms with Crippen LogP contribution < -0.4 is 10.2 Å². The number of pyridine rings is 1. The SMILES string of the molecule is O=C(COc1cccc2cccnc12)N/N=C\c1ccccc1O. The summed E-state index contributed by atoms with van der Waals surface area (Å²) < 4.78 is 5.51. The third-order valence-electron chi connectivity index (χ3n) is 3.28. The predicted molar refractivity (Wildman–Crippen MR) is 91.1 cm³/mol. The lowest BCUT2D eigenvalue weighted by atomic mass is 10.2. The van der Waals surface area contributed by atoms with Crippen molar-refractivity contribution in [2.24, 2.45) is 5.10 Å². The predicted octanol–water partition coefficient (Wildman–Crippen LogP) is 2.47. The summed E-state index contributed by atoms with van der Waals surface area (Å²) in [6, 6.07) is 16.0. The van der Waals surface area contributed by atoms with Gasteiger partial charge in [-0.05, 0) is 24.3 Å². The van der Waals surface area contributed by atoms with Crippen LogP contribution in [0.1, 0.15) is 5.56 Å². The van der Waals surface area contributed by atoms with Gasteiger partial charge < -0.3 is 9.84 Å². The first-order valence-electron chi connectivity index (χ1n) is 7.30. The topological polar surface area (TPSA) is 83.8 Å². The molecule has 3 aromatic rings. The molecule has 0 spiro atoms. The van der Waals surface area contributed by atoms with Gasteiger partial charge in [-0.15, -0.1) is 0 Å². The second-order valence-electron chi connectivity index (χ2n) is 4.97. The molecule has 6 nitrogen and oxygen atoms in total. The number of nitrogens with zero attached hydrogens (tertiary/aromatic N) is 2. The lowest BCUT2D eigenvalue weighted by molar-refractivity contribution is -0.123. The van der Waals surface area contributed by atoms with Gasteiger partial charge in [0.2, 0.25) is 0 Å². The quantitative estimate of drug-likeness (QED) is 0.558. The third kappa shape index (κ3) is 3.67. The standard InChI is InChI=1S/C18H15N3O3/c22-15-8-2-1-5-14(15)11-20-21-17(23)12-24-16-9-3-6-13-7-4-10-19-18(13)16/h1-11,22H,12H2,(H,21,23)/b20-11-. The smallest absolute Gasteiger partial charge is 0.277 e. The lowest BCUT2D eigenvalue weighted by Crippen LogP contribution is -2.24. The van der Waals surface area contributed by atoms with Crippen molar-refractivity contribution < 1.29 is 14.6 Å². The molecule has 0 aliphatic rings. The van der Waals surface area contributed by atoms with Crippen LogP contribution in [0.15, 0.2) is 65.9 Å². The van der Waals surface area contributed by atoms with Crippen molar-refractivity contribution in [1.29, 1.82) is 0 Å². The van der Waals surface area contributed by atoms with Gasteiger partial charge in [-0.1, -0.05) is 30.3 Å². The van der Waals surface area contributed by atoms with E-state index >= 15 is 0 Å². The number of rotatable bonds is 5. The van der Waals surface area contributed by atoms with Crippen LogP contribution >= 0.6 is 0 Å². The molecule has 0 saturated heterocycles. The second kappa shape index (κ2) is 7.23. The van der Waals surface area contributed by atoms with E-state index < -0.39 is 5.91 Å². The van der Waals surface area contributed by atoms with E-state index in [1.54, 1.807) is 36.5 Å². The van der Waals surface area contributed by atoms with E-state index in [2.05, 4.69) is 15.5 Å². The Morgan fingerprint density at radius 3 is 2.88 bits per heavy atom. The molecule has 0 aliphatic carbocycles. The molecule has 3 rings (SSSR count). The third-order valence-corrected chi connectivity index (χ3v) is 3.28. The number of nitrogens with one attached hydrogen (secondary N) is 1. The average Bonchev–Trinajstić information content (AvgIpc) is 2.61. The van der Waals surface area contributed by atoms with Crippen molar-refractivity contribution in [2.45, 2.75) is 0 Å². The van der Waals surface area contributed by atoms with Gasteiger partial charge in [0.15, 0.2) is 6.61 Å². The number of benzene rings is 2. The Bertz CT molecular complexity index is 888. The zero-order valence-corrected chi connectivity index (χ0v) is 12.7. The Kier molecular flexibility index (Phi) is 4.67. The Hall–Kier alpha value is -3.41. The number of hydrazone groups is 1. The molecule has 2 aromatic carbocycles. The highest BCUT2D eigenvalue weighted by atomic mass is 16.5. The number of hydrogen-bond donors (Lipinski definition) is 2. The van der Waals surface area contributed by atoms with Gasteiger partial charge in [-0.3, -0.25) is 9.78 Å². The molecule has 0 unspecified atom stereocenters. The molecule has 0 atom stereocenters. The van der Waals surface area contributed by atoms with E-state index in [0.717, 1.165) is 5.39 Å². The van der Waals surface area contributed by atoms with Crippen molar-refractivity contribution in [3.05, 3.63) is 66.4 Å². The van der Waals surface area contributed by atoms with Crippen LogP contribution in [-0.4, -0.2) is 28.8 Å². The van der Waals surface area contributed by atoms with Gasteiger partial charge in [-0.25, -0.2) is 5.43 Å². The van der Waals surface area contributed by atoms with Crippen LogP contribution in [0.4, 0.5) is 0 Å². The number of phenolic OH excluding ortho intramolecular Hbond substituents is 1. The normalized spacial score (nSPS) is 10.8. The highest BCUT2D eigenvalue weighted by Gasteiger charge is 2.06. The summed E-state index contributed by atoms with van der Waals surface area (Å²) in [6.07, 6.45) is 3.04.